The van der Waals surface area contributed by atoms with E-state index in [2.05, 4.69) is 10.4 Å². The van der Waals surface area contributed by atoms with Gasteiger partial charge < -0.3 is 10.1 Å². The van der Waals surface area contributed by atoms with Crippen LogP contribution in [0.3, 0.4) is 0 Å². The van der Waals surface area contributed by atoms with Crippen LogP contribution in [0.1, 0.15) is 0 Å². The average molecular weight is 453 g/mol. The second kappa shape index (κ2) is 9.11. The first-order valence-electron chi connectivity index (χ1n) is 7.98. The maximum atomic E-state index is 13.1. The Hall–Kier alpha value is -2.83. The zero-order valence-corrected chi connectivity index (χ0v) is 17.3. The molecule has 1 heterocycles. The predicted octanol–water partition coefficient (Wildman–Crippen LogP) is 4.45. The molecule has 0 radical (unpaired) electrons. The largest absolute Gasteiger partial charge is 0.496 e. The van der Waals surface area contributed by atoms with Gasteiger partial charge in [-0.25, -0.2) is 9.07 Å². The van der Waals surface area contributed by atoms with Gasteiger partial charge in [0.1, 0.15) is 17.3 Å². The molecule has 3 aromatic rings. The lowest BCUT2D eigenvalue weighted by Crippen LogP contribution is -2.15. The summed E-state index contributed by atoms with van der Waals surface area (Å²) in [5.74, 6) is -0.503. The molecular weight excluding hydrogens is 439 g/mol. The number of carbonyl (C=O) groups is 1. The first kappa shape index (κ1) is 20.9. The quantitative estimate of drug-likeness (QED) is 0.245. The lowest BCUT2D eigenvalue weighted by molar-refractivity contribution is -0.384. The number of halogens is 1. The van der Waals surface area contributed by atoms with Crippen LogP contribution < -0.4 is 10.1 Å². The van der Waals surface area contributed by atoms with Gasteiger partial charge in [-0.3, -0.25) is 14.9 Å². The molecule has 0 bridgehead atoms. The normalized spacial score (nSPS) is 10.6. The second-order valence-corrected chi connectivity index (χ2v) is 8.34. The number of methoxy groups -OCH3 is 1. The Labute approximate surface area is 177 Å². The van der Waals surface area contributed by atoms with E-state index in [-0.39, 0.29) is 22.9 Å². The molecule has 8 nitrogen and oxygen atoms in total. The van der Waals surface area contributed by atoms with Crippen LogP contribution in [0.15, 0.2) is 46.8 Å². The van der Waals surface area contributed by atoms with E-state index in [0.29, 0.717) is 19.7 Å². The monoisotopic (exact) mass is 452 g/mol. The van der Waals surface area contributed by atoms with Gasteiger partial charge in [0.2, 0.25) is 5.91 Å². The molecule has 1 amide bonds. The van der Waals surface area contributed by atoms with E-state index < -0.39 is 10.8 Å². The lowest BCUT2D eigenvalue weighted by Gasteiger charge is -2.07. The number of hydrogen-bond acceptors (Lipinski definition) is 8. The molecule has 2 aromatic carbocycles. The van der Waals surface area contributed by atoms with Crippen molar-refractivity contribution >= 4 is 52.6 Å². The van der Waals surface area contributed by atoms with Crippen LogP contribution in [0, 0.1) is 19.9 Å². The summed E-state index contributed by atoms with van der Waals surface area (Å²) >= 11 is 7.61. The molecule has 150 valence electrons. The Morgan fingerprint density at radius 3 is 2.76 bits per heavy atom. The van der Waals surface area contributed by atoms with Gasteiger partial charge in [-0.15, -0.1) is 5.10 Å². The fourth-order valence-corrected chi connectivity index (χ4v) is 4.43. The van der Waals surface area contributed by atoms with E-state index in [9.17, 15) is 19.3 Å². The lowest BCUT2D eigenvalue weighted by atomic mass is 10.2. The van der Waals surface area contributed by atoms with E-state index in [1.165, 1.54) is 53.5 Å². The number of hydrogen-bond donors (Lipinski definition) is 1. The van der Waals surface area contributed by atoms with Crippen molar-refractivity contribution in [3.05, 3.63) is 62.4 Å². The molecule has 0 aliphatic rings. The highest BCUT2D eigenvalue weighted by Gasteiger charge is 2.18. The van der Waals surface area contributed by atoms with Crippen LogP contribution in [-0.2, 0) is 4.79 Å². The van der Waals surface area contributed by atoms with Crippen LogP contribution in [0.2, 0.25) is 0 Å². The number of anilines is 1. The van der Waals surface area contributed by atoms with Gasteiger partial charge >= 0.3 is 0 Å². The summed E-state index contributed by atoms with van der Waals surface area (Å²) in [4.78, 5) is 22.8. The number of amides is 1. The van der Waals surface area contributed by atoms with Crippen LogP contribution in [-0.4, -0.2) is 33.5 Å². The van der Waals surface area contributed by atoms with Crippen LogP contribution in [0.5, 0.6) is 5.75 Å². The molecule has 0 unspecified atom stereocenters. The summed E-state index contributed by atoms with van der Waals surface area (Å²) < 4.78 is 20.5. The van der Waals surface area contributed by atoms with E-state index in [4.69, 9.17) is 17.0 Å². The molecule has 1 aromatic heterocycles. The van der Waals surface area contributed by atoms with Gasteiger partial charge in [-0.2, -0.15) is 0 Å². The molecule has 0 atom stereocenters. The van der Waals surface area contributed by atoms with Crippen molar-refractivity contribution in [2.45, 2.75) is 4.34 Å². The number of thioether (sulfide) groups is 1. The van der Waals surface area contributed by atoms with Crippen molar-refractivity contribution in [2.75, 3.05) is 18.2 Å². The van der Waals surface area contributed by atoms with Crippen molar-refractivity contribution in [2.24, 2.45) is 0 Å². The first-order chi connectivity index (χ1) is 13.9. The molecule has 0 saturated carbocycles. The molecule has 0 aliphatic carbocycles. The minimum Gasteiger partial charge on any atom is -0.496 e. The van der Waals surface area contributed by atoms with Gasteiger partial charge in [-0.1, -0.05) is 23.1 Å². The van der Waals surface area contributed by atoms with Crippen molar-refractivity contribution < 1.29 is 18.8 Å². The number of carbonyl (C=O) groups excluding carboxylic acids is 1. The number of nitrogens with zero attached hydrogens (tertiary/aromatic N) is 3. The molecule has 0 fully saturated rings. The summed E-state index contributed by atoms with van der Waals surface area (Å²) in [5.41, 5.74) is 0.419. The topological polar surface area (TPSA) is 99.3 Å². The summed E-state index contributed by atoms with van der Waals surface area (Å²) in [5, 5.41) is 18.0. The highest BCUT2D eigenvalue weighted by atomic mass is 32.2. The Balaban J connectivity index is 1.67. The van der Waals surface area contributed by atoms with Gasteiger partial charge in [0.15, 0.2) is 8.29 Å². The Kier molecular flexibility index (Phi) is 6.56. The molecule has 12 heteroatoms. The van der Waals surface area contributed by atoms with Crippen LogP contribution in [0.4, 0.5) is 15.8 Å². The van der Waals surface area contributed by atoms with Gasteiger partial charge in [0.05, 0.1) is 29.5 Å². The average Bonchev–Trinajstić information content (AvgIpc) is 3.07. The minimum atomic E-state index is -0.596. The van der Waals surface area contributed by atoms with Gasteiger partial charge in [0, 0.05) is 0 Å². The summed E-state index contributed by atoms with van der Waals surface area (Å²) in [6.45, 7) is 0. The molecular formula is C17H13FN4O4S3. The van der Waals surface area contributed by atoms with E-state index >= 15 is 0 Å². The fourth-order valence-electron chi connectivity index (χ4n) is 2.27. The van der Waals surface area contributed by atoms with E-state index in [1.54, 1.807) is 12.1 Å². The molecule has 0 aliphatic heterocycles. The fraction of sp³-hybridized carbons (Fsp3) is 0.118. The third kappa shape index (κ3) is 5.16. The number of nitro groups is 1. The summed E-state index contributed by atoms with van der Waals surface area (Å²) in [7, 11) is 1.40. The van der Waals surface area contributed by atoms with Gasteiger partial charge in [-0.05, 0) is 48.6 Å². The molecule has 29 heavy (non-hydrogen) atoms. The molecule has 3 rings (SSSR count). The van der Waals surface area contributed by atoms with Crippen molar-refractivity contribution in [1.29, 1.82) is 0 Å². The number of nitro benzene ring substituents is 1. The maximum absolute atomic E-state index is 13.1. The van der Waals surface area contributed by atoms with Crippen molar-refractivity contribution in [1.82, 2.24) is 9.78 Å². The van der Waals surface area contributed by atoms with Crippen LogP contribution in [0.25, 0.3) is 5.69 Å². The maximum Gasteiger partial charge on any atom is 0.296 e. The minimum absolute atomic E-state index is 0.0190. The Morgan fingerprint density at radius 2 is 2.10 bits per heavy atom. The molecule has 0 spiro atoms. The molecule has 0 saturated heterocycles. The highest BCUT2D eigenvalue weighted by Crippen LogP contribution is 2.30. The van der Waals surface area contributed by atoms with Crippen molar-refractivity contribution in [3.8, 4) is 11.4 Å². The number of rotatable bonds is 7. The third-order valence-electron chi connectivity index (χ3n) is 3.60. The van der Waals surface area contributed by atoms with Crippen molar-refractivity contribution in [3.63, 3.8) is 0 Å². The number of aromatic nitrogens is 2. The number of ether oxygens (including phenoxy) is 1. The Morgan fingerprint density at radius 1 is 1.38 bits per heavy atom. The second-order valence-electron chi connectivity index (χ2n) is 5.50. The zero-order chi connectivity index (χ0) is 21.0. The summed E-state index contributed by atoms with van der Waals surface area (Å²) in [6.07, 6.45) is 0. The van der Waals surface area contributed by atoms with Gasteiger partial charge in [0.25, 0.3) is 5.69 Å². The van der Waals surface area contributed by atoms with E-state index in [0.717, 1.165) is 11.8 Å². The number of benzene rings is 2. The number of nitrogens with one attached hydrogen (secondary N) is 1. The molecule has 1 N–H and O–H groups in total. The third-order valence-corrected chi connectivity index (χ3v) is 5.97. The van der Waals surface area contributed by atoms with Crippen LogP contribution >= 0.6 is 35.3 Å². The smallest absolute Gasteiger partial charge is 0.296 e. The SMILES string of the molecule is COc1ccc(NC(=O)CSc2nn(-c3ccc(F)cc3)c(=S)s2)c([N+](=O)[O-])c1. The standard InChI is InChI=1S/C17H13FN4O4S3/c1-26-12-6-7-13(14(8-12)22(24)25)19-15(23)9-28-16-20-21(17(27)29-16)11-4-2-10(18)3-5-11/h2-8H,9H2,1H3,(H,19,23). The van der Waals surface area contributed by atoms with E-state index in [1.807, 2.05) is 0 Å². The highest BCUT2D eigenvalue weighted by molar-refractivity contribution is 8.01. The Bertz CT molecular complexity index is 1110. The zero-order valence-electron chi connectivity index (χ0n) is 14.8. The predicted molar refractivity (Wildman–Crippen MR) is 111 cm³/mol. The summed E-state index contributed by atoms with van der Waals surface area (Å²) in [6, 6.07) is 9.87. The first-order valence-corrected chi connectivity index (χ1v) is 10.2.